The summed E-state index contributed by atoms with van der Waals surface area (Å²) < 4.78 is 31.7. The zero-order valence-electron chi connectivity index (χ0n) is 15.9. The van der Waals surface area contributed by atoms with Gasteiger partial charge in [0.25, 0.3) is 5.91 Å². The number of hydrogen-bond acceptors (Lipinski definition) is 4. The van der Waals surface area contributed by atoms with E-state index in [9.17, 15) is 22.8 Å². The molecule has 3 heterocycles. The summed E-state index contributed by atoms with van der Waals surface area (Å²) in [6.45, 7) is 8.26. The topological polar surface area (TPSA) is 90.8 Å². The number of rotatable bonds is 3. The summed E-state index contributed by atoms with van der Waals surface area (Å²) in [5.41, 5.74) is 0.168. The maximum absolute atomic E-state index is 12.8. The minimum absolute atomic E-state index is 0.0354. The van der Waals surface area contributed by atoms with Gasteiger partial charge in [0.15, 0.2) is 0 Å². The number of hydrogen-bond donors (Lipinski definition) is 1. The van der Waals surface area contributed by atoms with E-state index in [-0.39, 0.29) is 17.7 Å². The number of aliphatic carboxylic acids is 1. The molecule has 2 fully saturated rings. The minimum atomic E-state index is -5.08. The van der Waals surface area contributed by atoms with Crippen LogP contribution in [0.3, 0.4) is 0 Å². The summed E-state index contributed by atoms with van der Waals surface area (Å²) in [4.78, 5) is 41.9. The van der Waals surface area contributed by atoms with Crippen molar-refractivity contribution in [1.82, 2.24) is 14.8 Å². The Labute approximate surface area is 165 Å². The second-order valence-corrected chi connectivity index (χ2v) is 7.08. The first kappa shape index (κ1) is 22.4. The minimum Gasteiger partial charge on any atom is -0.475 e. The molecule has 1 spiro atoms. The maximum Gasteiger partial charge on any atom is 0.490 e. The van der Waals surface area contributed by atoms with Gasteiger partial charge in [-0.25, -0.2) is 4.79 Å². The van der Waals surface area contributed by atoms with Crippen LogP contribution < -0.4 is 0 Å². The van der Waals surface area contributed by atoms with Crippen LogP contribution >= 0.6 is 0 Å². The monoisotopic (exact) mass is 413 g/mol. The molecule has 0 saturated carbocycles. The number of alkyl halides is 3. The van der Waals surface area contributed by atoms with Gasteiger partial charge in [-0.2, -0.15) is 13.2 Å². The molecule has 2 atom stereocenters. The Balaban J connectivity index is 0.000000370. The van der Waals surface area contributed by atoms with Crippen LogP contribution in [-0.2, 0) is 9.59 Å². The Kier molecular flexibility index (Phi) is 6.66. The van der Waals surface area contributed by atoms with E-state index in [4.69, 9.17) is 9.90 Å². The van der Waals surface area contributed by atoms with Gasteiger partial charge in [0.1, 0.15) is 0 Å². The van der Waals surface area contributed by atoms with Crippen molar-refractivity contribution >= 4 is 17.8 Å². The molecular weight excluding hydrogens is 391 g/mol. The first-order valence-corrected chi connectivity index (χ1v) is 8.92. The Morgan fingerprint density at radius 2 is 2.10 bits per heavy atom. The van der Waals surface area contributed by atoms with Gasteiger partial charge in [0.05, 0.1) is 11.0 Å². The fourth-order valence-electron chi connectivity index (χ4n) is 3.68. The third kappa shape index (κ3) is 4.75. The third-order valence-corrected chi connectivity index (χ3v) is 5.24. The number of aromatic nitrogens is 1. The summed E-state index contributed by atoms with van der Waals surface area (Å²) in [6, 6.07) is 3.53. The first-order chi connectivity index (χ1) is 13.5. The van der Waals surface area contributed by atoms with Gasteiger partial charge in [0, 0.05) is 38.6 Å². The van der Waals surface area contributed by atoms with Crippen molar-refractivity contribution in [2.24, 2.45) is 11.3 Å². The van der Waals surface area contributed by atoms with Crippen LogP contribution in [0.4, 0.5) is 13.2 Å². The lowest BCUT2D eigenvalue weighted by atomic mass is 9.78. The van der Waals surface area contributed by atoms with Crippen LogP contribution in [0.25, 0.3) is 0 Å². The largest absolute Gasteiger partial charge is 0.490 e. The van der Waals surface area contributed by atoms with Gasteiger partial charge < -0.3 is 14.9 Å². The fourth-order valence-corrected chi connectivity index (χ4v) is 3.68. The number of amides is 2. The van der Waals surface area contributed by atoms with Crippen molar-refractivity contribution in [3.63, 3.8) is 0 Å². The van der Waals surface area contributed by atoms with Crippen LogP contribution in [0.2, 0.25) is 0 Å². The summed E-state index contributed by atoms with van der Waals surface area (Å²) >= 11 is 0. The van der Waals surface area contributed by atoms with Crippen molar-refractivity contribution in [3.8, 4) is 0 Å². The van der Waals surface area contributed by atoms with E-state index in [1.54, 1.807) is 35.5 Å². The number of carboxylic acids is 1. The van der Waals surface area contributed by atoms with E-state index in [1.165, 1.54) is 0 Å². The van der Waals surface area contributed by atoms with Crippen molar-refractivity contribution in [2.75, 3.05) is 26.2 Å². The molecule has 2 aliphatic rings. The molecular formula is C19H22F3N3O4. The Hall–Kier alpha value is -2.91. The predicted octanol–water partition coefficient (Wildman–Crippen LogP) is 2.21. The molecule has 0 aromatic carbocycles. The number of carboxylic acid groups (broad SMARTS) is 1. The van der Waals surface area contributed by atoms with Crippen LogP contribution in [0.5, 0.6) is 0 Å². The standard InChI is InChI=1S/C17H21N3O2.C2HF3O2/c1-3-8-19-9-6-17(16(19)22)12-20(11-13(17)2)15(21)14-5-4-7-18-10-14;3-2(4,5)1(6)7/h3-5,7,10,13H,1,6,8-9,11-12H2,2H3;(H,6,7)/t13-,17-;/m1./s1. The SMILES string of the molecule is C=CCN1CC[C@]2(CN(C(=O)c3cccnc3)C[C@H]2C)C1=O.O=C(O)C(F)(F)F. The van der Waals surface area contributed by atoms with E-state index >= 15 is 0 Å². The fraction of sp³-hybridized carbons (Fsp3) is 0.474. The van der Waals surface area contributed by atoms with Gasteiger partial charge in [-0.15, -0.1) is 6.58 Å². The summed E-state index contributed by atoms with van der Waals surface area (Å²) in [5, 5.41) is 7.12. The molecule has 0 aliphatic carbocycles. The number of pyridine rings is 1. The Bertz CT molecular complexity index is 785. The van der Waals surface area contributed by atoms with Crippen molar-refractivity contribution < 1.29 is 32.7 Å². The number of halogens is 3. The van der Waals surface area contributed by atoms with E-state index < -0.39 is 17.6 Å². The quantitative estimate of drug-likeness (QED) is 0.768. The smallest absolute Gasteiger partial charge is 0.475 e. The summed E-state index contributed by atoms with van der Waals surface area (Å²) in [7, 11) is 0. The lowest BCUT2D eigenvalue weighted by molar-refractivity contribution is -0.192. The predicted molar refractivity (Wildman–Crippen MR) is 96.8 cm³/mol. The average Bonchev–Trinajstić information content (AvgIpc) is 3.17. The molecule has 158 valence electrons. The van der Waals surface area contributed by atoms with Crippen molar-refractivity contribution in [3.05, 3.63) is 42.7 Å². The number of carbonyl (C=O) groups excluding carboxylic acids is 2. The second-order valence-electron chi connectivity index (χ2n) is 7.08. The summed E-state index contributed by atoms with van der Waals surface area (Å²) in [5.74, 6) is -2.45. The summed E-state index contributed by atoms with van der Waals surface area (Å²) in [6.07, 6.45) is 0.726. The van der Waals surface area contributed by atoms with Crippen LogP contribution in [0.1, 0.15) is 23.7 Å². The van der Waals surface area contributed by atoms with Crippen molar-refractivity contribution in [2.45, 2.75) is 19.5 Å². The molecule has 29 heavy (non-hydrogen) atoms. The Morgan fingerprint density at radius 3 is 2.62 bits per heavy atom. The van der Waals surface area contributed by atoms with Gasteiger partial charge in [-0.3, -0.25) is 14.6 Å². The number of nitrogens with zero attached hydrogens (tertiary/aromatic N) is 3. The Morgan fingerprint density at radius 1 is 1.45 bits per heavy atom. The van der Waals surface area contributed by atoms with E-state index in [0.717, 1.165) is 13.0 Å². The second kappa shape index (κ2) is 8.62. The van der Waals surface area contributed by atoms with E-state index in [2.05, 4.69) is 18.5 Å². The van der Waals surface area contributed by atoms with Crippen LogP contribution in [0, 0.1) is 11.3 Å². The maximum atomic E-state index is 12.8. The van der Waals surface area contributed by atoms with Gasteiger partial charge in [0.2, 0.25) is 5.91 Å². The average molecular weight is 413 g/mol. The molecule has 3 rings (SSSR count). The number of carbonyl (C=O) groups is 3. The van der Waals surface area contributed by atoms with E-state index in [0.29, 0.717) is 25.2 Å². The van der Waals surface area contributed by atoms with Gasteiger partial charge in [-0.1, -0.05) is 13.0 Å². The highest BCUT2D eigenvalue weighted by atomic mass is 19.4. The highest BCUT2D eigenvalue weighted by Gasteiger charge is 2.55. The molecule has 1 aromatic rings. The molecule has 10 heteroatoms. The first-order valence-electron chi connectivity index (χ1n) is 8.92. The third-order valence-electron chi connectivity index (χ3n) is 5.24. The lowest BCUT2D eigenvalue weighted by Gasteiger charge is -2.26. The van der Waals surface area contributed by atoms with Crippen LogP contribution in [-0.4, -0.2) is 70.0 Å². The van der Waals surface area contributed by atoms with Crippen molar-refractivity contribution in [1.29, 1.82) is 0 Å². The molecule has 2 aliphatic heterocycles. The molecule has 1 N–H and O–H groups in total. The molecule has 0 unspecified atom stereocenters. The van der Waals surface area contributed by atoms with Crippen LogP contribution in [0.15, 0.2) is 37.2 Å². The number of likely N-dealkylation sites (tertiary alicyclic amines) is 2. The van der Waals surface area contributed by atoms with Gasteiger partial charge >= 0.3 is 12.1 Å². The molecule has 7 nitrogen and oxygen atoms in total. The normalized spacial score (nSPS) is 23.7. The molecule has 1 aromatic heterocycles. The highest BCUT2D eigenvalue weighted by molar-refractivity contribution is 5.95. The molecule has 2 saturated heterocycles. The van der Waals surface area contributed by atoms with Gasteiger partial charge in [-0.05, 0) is 24.5 Å². The van der Waals surface area contributed by atoms with E-state index in [1.807, 2.05) is 4.90 Å². The lowest BCUT2D eigenvalue weighted by Crippen LogP contribution is -2.40. The molecule has 2 amide bonds. The molecule has 0 bridgehead atoms. The zero-order valence-corrected chi connectivity index (χ0v) is 15.9. The highest BCUT2D eigenvalue weighted by Crippen LogP contribution is 2.44. The molecule has 0 radical (unpaired) electrons. The zero-order chi connectivity index (χ0) is 21.8.